The van der Waals surface area contributed by atoms with Gasteiger partial charge in [0.2, 0.25) is 0 Å². The molecule has 0 aliphatic heterocycles. The highest BCUT2D eigenvalue weighted by atomic mass is 32.2. The lowest BCUT2D eigenvalue weighted by Gasteiger charge is -2.06. The summed E-state index contributed by atoms with van der Waals surface area (Å²) >= 11 is 3.12. The highest BCUT2D eigenvalue weighted by molar-refractivity contribution is 7.99. The zero-order chi connectivity index (χ0) is 11.1. The largest absolute Gasteiger partial charge is 0.382 e. The highest BCUT2D eigenvalue weighted by Gasteiger charge is 2.45. The summed E-state index contributed by atoms with van der Waals surface area (Å²) in [6, 6.07) is 0. The number of thioether (sulfide) groups is 1. The molecule has 1 aliphatic rings. The van der Waals surface area contributed by atoms with Gasteiger partial charge in [-0.05, 0) is 35.5 Å². The fourth-order valence-electron chi connectivity index (χ4n) is 1.74. The fraction of sp³-hybridized carbons (Fsp3) is 0.700. The van der Waals surface area contributed by atoms with Gasteiger partial charge in [-0.1, -0.05) is 13.8 Å². The second-order valence-corrected chi connectivity index (χ2v) is 6.29. The zero-order valence-electron chi connectivity index (χ0n) is 9.33. The molecule has 15 heavy (non-hydrogen) atoms. The minimum atomic E-state index is 0.531. The summed E-state index contributed by atoms with van der Waals surface area (Å²) in [5, 5.41) is 4.59. The van der Waals surface area contributed by atoms with Gasteiger partial charge in [0.1, 0.15) is 5.00 Å². The van der Waals surface area contributed by atoms with Gasteiger partial charge in [-0.3, -0.25) is 0 Å². The van der Waals surface area contributed by atoms with Crippen molar-refractivity contribution in [3.63, 3.8) is 0 Å². The quantitative estimate of drug-likeness (QED) is 0.798. The molecule has 0 aromatic carbocycles. The molecule has 0 radical (unpaired) electrons. The Bertz CT molecular complexity index is 360. The Morgan fingerprint density at radius 1 is 1.67 bits per heavy atom. The van der Waals surface area contributed by atoms with Gasteiger partial charge in [0.05, 0.1) is 4.90 Å². The van der Waals surface area contributed by atoms with E-state index in [1.54, 1.807) is 11.8 Å². The first-order valence-corrected chi connectivity index (χ1v) is 7.07. The molecule has 1 aliphatic carbocycles. The molecule has 1 atom stereocenters. The van der Waals surface area contributed by atoms with E-state index in [9.17, 15) is 0 Å². The molecule has 1 saturated carbocycles. The summed E-state index contributed by atoms with van der Waals surface area (Å²) in [5.74, 6) is 1.46. The Morgan fingerprint density at radius 2 is 2.33 bits per heavy atom. The molecule has 1 unspecified atom stereocenters. The lowest BCUT2D eigenvalue weighted by atomic mass is 10.1. The number of hydrogen-bond acceptors (Lipinski definition) is 5. The molecule has 5 heteroatoms. The van der Waals surface area contributed by atoms with Crippen molar-refractivity contribution in [2.75, 3.05) is 23.9 Å². The van der Waals surface area contributed by atoms with Crippen molar-refractivity contribution in [3.8, 4) is 0 Å². The predicted molar refractivity (Wildman–Crippen MR) is 68.7 cm³/mol. The summed E-state index contributed by atoms with van der Waals surface area (Å²) in [6.07, 6.45) is 3.36. The Morgan fingerprint density at radius 3 is 2.87 bits per heavy atom. The first kappa shape index (κ1) is 11.1. The van der Waals surface area contributed by atoms with E-state index in [0.717, 1.165) is 22.4 Å². The van der Waals surface area contributed by atoms with Crippen LogP contribution in [-0.2, 0) is 0 Å². The second-order valence-electron chi connectivity index (χ2n) is 4.70. The Labute approximate surface area is 99.0 Å². The molecule has 0 spiro atoms. The Hall–Kier alpha value is -0.420. The van der Waals surface area contributed by atoms with Crippen LogP contribution in [0.4, 0.5) is 10.8 Å². The maximum Gasteiger partial charge on any atom is 0.153 e. The minimum Gasteiger partial charge on any atom is -0.382 e. The van der Waals surface area contributed by atoms with Crippen LogP contribution in [0.25, 0.3) is 0 Å². The molecule has 1 aromatic rings. The van der Waals surface area contributed by atoms with Crippen LogP contribution in [-0.4, -0.2) is 17.2 Å². The van der Waals surface area contributed by atoms with Crippen LogP contribution in [0.3, 0.4) is 0 Å². The summed E-state index contributed by atoms with van der Waals surface area (Å²) in [7, 11) is 0. The standard InChI is InChI=1S/C10H17N3S2/c1-10(2)4-6(10)5-12-9-7(14-3)8(11)13-15-9/h6,12H,4-5H2,1-3H3,(H2,11,13). The lowest BCUT2D eigenvalue weighted by Crippen LogP contribution is -2.06. The molecule has 0 bridgehead atoms. The number of rotatable bonds is 4. The van der Waals surface area contributed by atoms with Crippen molar-refractivity contribution in [1.82, 2.24) is 4.37 Å². The molecule has 0 saturated heterocycles. The van der Waals surface area contributed by atoms with Gasteiger partial charge in [-0.25, -0.2) is 0 Å². The monoisotopic (exact) mass is 243 g/mol. The van der Waals surface area contributed by atoms with E-state index < -0.39 is 0 Å². The minimum absolute atomic E-state index is 0.531. The van der Waals surface area contributed by atoms with Crippen LogP contribution in [0.15, 0.2) is 4.90 Å². The predicted octanol–water partition coefficient (Wildman–Crippen LogP) is 2.91. The maximum absolute atomic E-state index is 5.77. The third-order valence-corrected chi connectivity index (χ3v) is 4.87. The number of anilines is 2. The van der Waals surface area contributed by atoms with Gasteiger partial charge in [0.15, 0.2) is 5.82 Å². The second kappa shape index (κ2) is 3.87. The average Bonchev–Trinajstić information content (AvgIpc) is 2.63. The van der Waals surface area contributed by atoms with Crippen LogP contribution >= 0.6 is 23.3 Å². The summed E-state index contributed by atoms with van der Waals surface area (Å²) in [4.78, 5) is 1.10. The number of nitrogens with zero attached hydrogens (tertiary/aromatic N) is 1. The molecule has 1 fully saturated rings. The summed E-state index contributed by atoms with van der Waals surface area (Å²) < 4.78 is 4.16. The van der Waals surface area contributed by atoms with Crippen molar-refractivity contribution < 1.29 is 0 Å². The van der Waals surface area contributed by atoms with Gasteiger partial charge in [-0.2, -0.15) is 4.37 Å². The van der Waals surface area contributed by atoms with Gasteiger partial charge < -0.3 is 11.1 Å². The SMILES string of the molecule is CSc1c(N)nsc1NCC1CC1(C)C. The van der Waals surface area contributed by atoms with Crippen molar-refractivity contribution >= 4 is 34.1 Å². The lowest BCUT2D eigenvalue weighted by molar-refractivity contribution is 0.573. The average molecular weight is 243 g/mol. The third-order valence-electron chi connectivity index (χ3n) is 3.10. The van der Waals surface area contributed by atoms with Crippen molar-refractivity contribution in [1.29, 1.82) is 0 Å². The number of hydrogen-bond donors (Lipinski definition) is 2. The molecular formula is C10H17N3S2. The number of nitrogens with one attached hydrogen (secondary N) is 1. The van der Waals surface area contributed by atoms with Crippen molar-refractivity contribution in [2.45, 2.75) is 25.2 Å². The van der Waals surface area contributed by atoms with Crippen LogP contribution in [0.5, 0.6) is 0 Å². The first-order valence-electron chi connectivity index (χ1n) is 5.07. The number of nitrogen functional groups attached to an aromatic ring is 1. The van der Waals surface area contributed by atoms with Crippen LogP contribution < -0.4 is 11.1 Å². The van der Waals surface area contributed by atoms with Crippen LogP contribution in [0.2, 0.25) is 0 Å². The van der Waals surface area contributed by atoms with Crippen LogP contribution in [0, 0.1) is 11.3 Å². The van der Waals surface area contributed by atoms with Gasteiger partial charge in [-0.15, -0.1) is 11.8 Å². The number of nitrogens with two attached hydrogens (primary N) is 1. The Kier molecular flexibility index (Phi) is 2.85. The van der Waals surface area contributed by atoms with Crippen LogP contribution in [0.1, 0.15) is 20.3 Å². The first-order chi connectivity index (χ1) is 7.04. The molecule has 2 rings (SSSR count). The molecule has 3 N–H and O–H groups in total. The number of aromatic nitrogens is 1. The molecule has 1 heterocycles. The fourth-order valence-corrected chi connectivity index (χ4v) is 3.29. The van der Waals surface area contributed by atoms with Crippen molar-refractivity contribution in [3.05, 3.63) is 0 Å². The van der Waals surface area contributed by atoms with E-state index >= 15 is 0 Å². The van der Waals surface area contributed by atoms with E-state index in [4.69, 9.17) is 5.73 Å². The smallest absolute Gasteiger partial charge is 0.153 e. The molecule has 3 nitrogen and oxygen atoms in total. The normalized spacial score (nSPS) is 22.7. The molecule has 0 amide bonds. The highest BCUT2D eigenvalue weighted by Crippen LogP contribution is 2.51. The molecule has 1 aromatic heterocycles. The topological polar surface area (TPSA) is 50.9 Å². The zero-order valence-corrected chi connectivity index (χ0v) is 11.0. The van der Waals surface area contributed by atoms with Gasteiger partial charge >= 0.3 is 0 Å². The van der Waals surface area contributed by atoms with E-state index in [1.165, 1.54) is 18.0 Å². The van der Waals surface area contributed by atoms with E-state index in [2.05, 4.69) is 23.5 Å². The van der Waals surface area contributed by atoms with E-state index in [0.29, 0.717) is 11.2 Å². The van der Waals surface area contributed by atoms with Crippen molar-refractivity contribution in [2.24, 2.45) is 11.3 Å². The van der Waals surface area contributed by atoms with E-state index in [1.807, 2.05) is 6.26 Å². The summed E-state index contributed by atoms with van der Waals surface area (Å²) in [5.41, 5.74) is 6.30. The maximum atomic E-state index is 5.77. The molecular weight excluding hydrogens is 226 g/mol. The third kappa shape index (κ3) is 2.23. The molecule has 84 valence electrons. The van der Waals surface area contributed by atoms with Gasteiger partial charge in [0, 0.05) is 6.54 Å². The Balaban J connectivity index is 1.94. The van der Waals surface area contributed by atoms with E-state index in [-0.39, 0.29) is 0 Å². The summed E-state index contributed by atoms with van der Waals surface area (Å²) in [6.45, 7) is 5.67. The van der Waals surface area contributed by atoms with Gasteiger partial charge in [0.25, 0.3) is 0 Å².